The predicted molar refractivity (Wildman–Crippen MR) is 145 cm³/mol. The molecule has 14 heteroatoms. The Hall–Kier alpha value is -3.91. The van der Waals surface area contributed by atoms with Crippen molar-refractivity contribution >= 4 is 11.9 Å². The van der Waals surface area contributed by atoms with Gasteiger partial charge in [-0.3, -0.25) is 0 Å². The van der Waals surface area contributed by atoms with Crippen molar-refractivity contribution in [3.8, 4) is 17.0 Å². The minimum Gasteiger partial charge on any atom is -0.661 e. The van der Waals surface area contributed by atoms with Crippen LogP contribution in [0.5, 0.6) is 5.75 Å². The van der Waals surface area contributed by atoms with Crippen LogP contribution in [0.3, 0.4) is 0 Å². The summed E-state index contributed by atoms with van der Waals surface area (Å²) in [6, 6.07) is 9.31. The molecule has 228 valence electrons. The standard InChI is InChI=1S/C18H22N4O3.C10H8F6N/c1-11-9-22(10-12(2)20-11)18-19-8-14(17(23)24)16(21-18)13-6-4-5-7-15(13)25-3;1-17-5-6-2-7(9(11,12)13)4-8(3-6)10(14,15)16/h4-8,11-12,20H,9-10H2,1-3H3,(H,23,24);2-4H,5H2,1H3/q;-1/t11-,12-;/m1./s1. The van der Waals surface area contributed by atoms with Gasteiger partial charge in [0.05, 0.1) is 23.9 Å². The predicted octanol–water partition coefficient (Wildman–Crippen LogP) is 6.26. The first-order valence-corrected chi connectivity index (χ1v) is 12.7. The number of carboxylic acids is 1. The minimum atomic E-state index is -4.80. The Labute approximate surface area is 238 Å². The fraction of sp³-hybridized carbons (Fsp3) is 0.393. The van der Waals surface area contributed by atoms with E-state index >= 15 is 0 Å². The van der Waals surface area contributed by atoms with E-state index < -0.39 is 29.4 Å². The van der Waals surface area contributed by atoms with Crippen LogP contribution in [0.25, 0.3) is 16.6 Å². The van der Waals surface area contributed by atoms with Crippen molar-refractivity contribution in [1.29, 1.82) is 0 Å². The number of carboxylic acid groups (broad SMARTS) is 1. The van der Waals surface area contributed by atoms with E-state index in [2.05, 4.69) is 39.3 Å². The molecule has 0 saturated carbocycles. The van der Waals surface area contributed by atoms with Crippen molar-refractivity contribution in [3.63, 3.8) is 0 Å². The third kappa shape index (κ3) is 8.32. The highest BCUT2D eigenvalue weighted by molar-refractivity contribution is 5.95. The van der Waals surface area contributed by atoms with E-state index in [1.807, 2.05) is 12.1 Å². The number of piperazine rings is 1. The highest BCUT2D eigenvalue weighted by Gasteiger charge is 2.36. The van der Waals surface area contributed by atoms with Crippen molar-refractivity contribution in [2.75, 3.05) is 32.1 Å². The van der Waals surface area contributed by atoms with Gasteiger partial charge in [0.2, 0.25) is 5.95 Å². The Bertz CT molecular complexity index is 1340. The molecule has 1 fully saturated rings. The number of halogens is 6. The van der Waals surface area contributed by atoms with Gasteiger partial charge in [0.15, 0.2) is 0 Å². The molecule has 1 aliphatic heterocycles. The second kappa shape index (κ2) is 13.4. The molecule has 8 nitrogen and oxygen atoms in total. The zero-order chi connectivity index (χ0) is 31.2. The maximum absolute atomic E-state index is 12.4. The first-order chi connectivity index (χ1) is 19.6. The molecule has 0 radical (unpaired) electrons. The SMILES string of the molecule is COc1ccccc1-c1nc(N2C[C@@H](C)N[C@H](C)C2)ncc1C(=O)O.C[N-]Cc1cc(C(F)(F)F)cc(C(F)(F)F)c1. The summed E-state index contributed by atoms with van der Waals surface area (Å²) in [5.74, 6) is 0.0531. The fourth-order valence-corrected chi connectivity index (χ4v) is 4.51. The summed E-state index contributed by atoms with van der Waals surface area (Å²) in [6.45, 7) is 5.56. The van der Waals surface area contributed by atoms with Gasteiger partial charge in [-0.15, -0.1) is 6.54 Å². The van der Waals surface area contributed by atoms with Crippen molar-refractivity contribution in [2.24, 2.45) is 0 Å². The number of aromatic nitrogens is 2. The molecule has 2 N–H and O–H groups in total. The van der Waals surface area contributed by atoms with E-state index in [9.17, 15) is 36.2 Å². The molecule has 1 aliphatic rings. The van der Waals surface area contributed by atoms with Gasteiger partial charge in [-0.25, -0.2) is 14.8 Å². The largest absolute Gasteiger partial charge is 0.661 e. The molecule has 0 bridgehead atoms. The van der Waals surface area contributed by atoms with Crippen LogP contribution in [-0.4, -0.2) is 60.4 Å². The molecule has 4 rings (SSSR count). The molecule has 1 saturated heterocycles. The molecule has 42 heavy (non-hydrogen) atoms. The molecule has 0 unspecified atom stereocenters. The lowest BCUT2D eigenvalue weighted by atomic mass is 10.0. The van der Waals surface area contributed by atoms with E-state index in [0.717, 1.165) is 13.1 Å². The maximum Gasteiger partial charge on any atom is 0.416 e. The molecule has 0 spiro atoms. The molecule has 0 aliphatic carbocycles. The second-order valence-electron chi connectivity index (χ2n) is 9.70. The number of hydrogen-bond donors (Lipinski definition) is 2. The van der Waals surface area contributed by atoms with Crippen LogP contribution in [-0.2, 0) is 18.9 Å². The van der Waals surface area contributed by atoms with Gasteiger partial charge in [0, 0.05) is 36.9 Å². The van der Waals surface area contributed by atoms with Crippen molar-refractivity contribution in [2.45, 2.75) is 44.8 Å². The average molecular weight is 599 g/mol. The van der Waals surface area contributed by atoms with E-state index in [1.54, 1.807) is 19.2 Å². The van der Waals surface area contributed by atoms with Gasteiger partial charge in [-0.2, -0.15) is 33.4 Å². The Morgan fingerprint density at radius 1 is 1.05 bits per heavy atom. The highest BCUT2D eigenvalue weighted by atomic mass is 19.4. The van der Waals surface area contributed by atoms with E-state index in [1.165, 1.54) is 13.2 Å². The zero-order valence-electron chi connectivity index (χ0n) is 23.2. The molecule has 2 aromatic carbocycles. The monoisotopic (exact) mass is 598 g/mol. The smallest absolute Gasteiger partial charge is 0.416 e. The summed E-state index contributed by atoms with van der Waals surface area (Å²) < 4.78 is 79.6. The van der Waals surface area contributed by atoms with Crippen molar-refractivity contribution in [1.82, 2.24) is 15.3 Å². The third-order valence-electron chi connectivity index (χ3n) is 6.20. The number of para-hydroxylation sites is 1. The Morgan fingerprint density at radius 2 is 1.62 bits per heavy atom. The highest BCUT2D eigenvalue weighted by Crippen LogP contribution is 2.36. The molecule has 3 aromatic rings. The summed E-state index contributed by atoms with van der Waals surface area (Å²) in [4.78, 5) is 22.6. The van der Waals surface area contributed by atoms with Gasteiger partial charge < -0.3 is 25.4 Å². The number of carbonyl (C=O) groups is 1. The fourth-order valence-electron chi connectivity index (χ4n) is 4.51. The van der Waals surface area contributed by atoms with Gasteiger partial charge in [0.1, 0.15) is 11.3 Å². The number of anilines is 1. The number of hydrogen-bond acceptors (Lipinski definition) is 6. The summed E-state index contributed by atoms with van der Waals surface area (Å²) in [5, 5.41) is 16.5. The number of nitrogens with one attached hydrogen (secondary N) is 1. The summed E-state index contributed by atoms with van der Waals surface area (Å²) in [5.41, 5.74) is -1.67. The zero-order valence-corrected chi connectivity index (χ0v) is 23.2. The number of benzene rings is 2. The van der Waals surface area contributed by atoms with Gasteiger partial charge >= 0.3 is 18.3 Å². The van der Waals surface area contributed by atoms with Crippen LogP contribution in [0.4, 0.5) is 32.3 Å². The number of ether oxygens (including phenoxy) is 1. The van der Waals surface area contributed by atoms with Crippen LogP contribution in [0.2, 0.25) is 0 Å². The van der Waals surface area contributed by atoms with Crippen molar-refractivity contribution in [3.05, 3.63) is 76.2 Å². The van der Waals surface area contributed by atoms with Crippen LogP contribution in [0.1, 0.15) is 40.9 Å². The van der Waals surface area contributed by atoms with E-state index in [-0.39, 0.29) is 23.7 Å². The van der Waals surface area contributed by atoms with E-state index in [0.29, 0.717) is 47.2 Å². The second-order valence-corrected chi connectivity index (χ2v) is 9.70. The summed E-state index contributed by atoms with van der Waals surface area (Å²) in [7, 11) is 2.87. The lowest BCUT2D eigenvalue weighted by Crippen LogP contribution is -2.54. The van der Waals surface area contributed by atoms with Crippen LogP contribution < -0.4 is 15.0 Å². The topological polar surface area (TPSA) is 102 Å². The number of methoxy groups -OCH3 is 1. The van der Waals surface area contributed by atoms with Crippen LogP contribution >= 0.6 is 0 Å². The molecule has 1 aromatic heterocycles. The lowest BCUT2D eigenvalue weighted by molar-refractivity contribution is -0.143. The number of alkyl halides is 6. The maximum atomic E-state index is 12.4. The normalized spacial score (nSPS) is 17.3. The quantitative estimate of drug-likeness (QED) is 0.323. The first-order valence-electron chi connectivity index (χ1n) is 12.7. The average Bonchev–Trinajstić information content (AvgIpc) is 2.91. The third-order valence-corrected chi connectivity index (χ3v) is 6.20. The lowest BCUT2D eigenvalue weighted by Gasteiger charge is -2.36. The summed E-state index contributed by atoms with van der Waals surface area (Å²) in [6.07, 6.45) is -8.22. The van der Waals surface area contributed by atoms with E-state index in [4.69, 9.17) is 4.74 Å². The minimum absolute atomic E-state index is 0.0597. The Kier molecular flexibility index (Phi) is 10.4. The van der Waals surface area contributed by atoms with Crippen LogP contribution in [0, 0.1) is 0 Å². The molecule has 2 atom stereocenters. The molecular weight excluding hydrogens is 568 g/mol. The number of rotatable bonds is 6. The summed E-state index contributed by atoms with van der Waals surface area (Å²) >= 11 is 0. The van der Waals surface area contributed by atoms with Crippen LogP contribution in [0.15, 0.2) is 48.7 Å². The number of nitrogens with zero attached hydrogens (tertiary/aromatic N) is 4. The van der Waals surface area contributed by atoms with Gasteiger partial charge in [0.25, 0.3) is 0 Å². The molecular formula is C28H30F6N5O3-. The Balaban J connectivity index is 0.000000250. The number of aromatic carboxylic acids is 1. The van der Waals surface area contributed by atoms with Gasteiger partial charge in [-0.05, 0) is 44.2 Å². The van der Waals surface area contributed by atoms with Crippen molar-refractivity contribution < 1.29 is 41.0 Å². The Morgan fingerprint density at radius 3 is 2.12 bits per heavy atom. The molecule has 2 heterocycles. The molecule has 0 amide bonds. The van der Waals surface area contributed by atoms with Gasteiger partial charge in [-0.1, -0.05) is 17.7 Å². The first kappa shape index (κ1) is 32.6.